The van der Waals surface area contributed by atoms with Crippen LogP contribution in [0.25, 0.3) is 0 Å². The Morgan fingerprint density at radius 3 is 2.48 bits per heavy atom. The van der Waals surface area contributed by atoms with Crippen LogP contribution in [0.5, 0.6) is 11.5 Å². The molecule has 1 aromatic rings. The SMILES string of the molecule is CN=C(NCCC(=O)OC)NCc1ccc(OC)cc1OC.I. The van der Waals surface area contributed by atoms with E-state index in [-0.39, 0.29) is 36.4 Å². The van der Waals surface area contributed by atoms with Gasteiger partial charge in [0, 0.05) is 31.8 Å². The summed E-state index contributed by atoms with van der Waals surface area (Å²) in [6.07, 6.45) is 0.281. The van der Waals surface area contributed by atoms with E-state index in [0.717, 1.165) is 17.1 Å². The lowest BCUT2D eigenvalue weighted by molar-refractivity contribution is -0.140. The molecule has 0 saturated carbocycles. The molecule has 0 bridgehead atoms. The van der Waals surface area contributed by atoms with Crippen molar-refractivity contribution in [3.05, 3.63) is 23.8 Å². The molecule has 0 aliphatic carbocycles. The first-order chi connectivity index (χ1) is 10.6. The van der Waals surface area contributed by atoms with E-state index in [0.29, 0.717) is 19.0 Å². The van der Waals surface area contributed by atoms with E-state index in [1.165, 1.54) is 7.11 Å². The average Bonchev–Trinajstić information content (AvgIpc) is 2.57. The van der Waals surface area contributed by atoms with Crippen molar-refractivity contribution in [1.82, 2.24) is 10.6 Å². The summed E-state index contributed by atoms with van der Waals surface area (Å²) >= 11 is 0. The largest absolute Gasteiger partial charge is 0.497 e. The number of guanidine groups is 1. The number of hydrogen-bond acceptors (Lipinski definition) is 5. The van der Waals surface area contributed by atoms with Gasteiger partial charge in [0.2, 0.25) is 0 Å². The van der Waals surface area contributed by atoms with E-state index in [4.69, 9.17) is 9.47 Å². The number of carbonyl (C=O) groups excluding carboxylic acids is 1. The highest BCUT2D eigenvalue weighted by molar-refractivity contribution is 14.0. The van der Waals surface area contributed by atoms with Crippen LogP contribution in [-0.2, 0) is 16.1 Å². The molecule has 0 aliphatic heterocycles. The van der Waals surface area contributed by atoms with Gasteiger partial charge in [-0.05, 0) is 12.1 Å². The van der Waals surface area contributed by atoms with Crippen LogP contribution in [0.1, 0.15) is 12.0 Å². The zero-order valence-electron chi connectivity index (χ0n) is 13.8. The number of rotatable bonds is 7. The number of methoxy groups -OCH3 is 3. The molecule has 0 atom stereocenters. The van der Waals surface area contributed by atoms with Gasteiger partial charge >= 0.3 is 5.97 Å². The minimum Gasteiger partial charge on any atom is -0.497 e. The summed E-state index contributed by atoms with van der Waals surface area (Å²) in [5, 5.41) is 6.19. The zero-order chi connectivity index (χ0) is 16.4. The predicted octanol–water partition coefficient (Wildman–Crippen LogP) is 1.55. The molecule has 2 N–H and O–H groups in total. The fraction of sp³-hybridized carbons (Fsp3) is 0.467. The normalized spacial score (nSPS) is 10.3. The summed E-state index contributed by atoms with van der Waals surface area (Å²) < 4.78 is 15.1. The monoisotopic (exact) mass is 437 g/mol. The van der Waals surface area contributed by atoms with Gasteiger partial charge in [0.25, 0.3) is 0 Å². The van der Waals surface area contributed by atoms with Crippen molar-refractivity contribution in [2.45, 2.75) is 13.0 Å². The van der Waals surface area contributed by atoms with Gasteiger partial charge in [-0.25, -0.2) is 0 Å². The minimum absolute atomic E-state index is 0. The van der Waals surface area contributed by atoms with Crippen molar-refractivity contribution >= 4 is 35.9 Å². The Labute approximate surface area is 153 Å². The first kappa shape index (κ1) is 21.3. The first-order valence-electron chi connectivity index (χ1n) is 6.86. The van der Waals surface area contributed by atoms with Crippen molar-refractivity contribution in [3.63, 3.8) is 0 Å². The van der Waals surface area contributed by atoms with Gasteiger partial charge in [-0.2, -0.15) is 0 Å². The fourth-order valence-corrected chi connectivity index (χ4v) is 1.78. The van der Waals surface area contributed by atoms with Crippen molar-refractivity contribution < 1.29 is 19.0 Å². The molecular formula is C15H24IN3O4. The highest BCUT2D eigenvalue weighted by Gasteiger charge is 2.06. The van der Waals surface area contributed by atoms with Gasteiger partial charge in [0.15, 0.2) is 5.96 Å². The third-order valence-corrected chi connectivity index (χ3v) is 3.01. The summed E-state index contributed by atoms with van der Waals surface area (Å²) in [4.78, 5) is 15.1. The van der Waals surface area contributed by atoms with Crippen molar-refractivity contribution in [2.24, 2.45) is 4.99 Å². The molecule has 0 heterocycles. The summed E-state index contributed by atoms with van der Waals surface area (Å²) in [6, 6.07) is 5.61. The topological polar surface area (TPSA) is 81.2 Å². The average molecular weight is 437 g/mol. The second-order valence-corrected chi connectivity index (χ2v) is 4.36. The molecule has 0 spiro atoms. The lowest BCUT2D eigenvalue weighted by Crippen LogP contribution is -2.38. The molecule has 1 aromatic carbocycles. The molecule has 0 saturated heterocycles. The molecule has 0 fully saturated rings. The van der Waals surface area contributed by atoms with E-state index in [1.807, 2.05) is 18.2 Å². The molecule has 0 radical (unpaired) electrons. The van der Waals surface area contributed by atoms with Crippen molar-refractivity contribution in [2.75, 3.05) is 34.9 Å². The van der Waals surface area contributed by atoms with Crippen molar-refractivity contribution in [1.29, 1.82) is 0 Å². The molecule has 0 aliphatic rings. The molecule has 0 amide bonds. The van der Waals surface area contributed by atoms with Crippen LogP contribution < -0.4 is 20.1 Å². The maximum atomic E-state index is 11.1. The van der Waals surface area contributed by atoms with Crippen LogP contribution in [0.15, 0.2) is 23.2 Å². The molecule has 7 nitrogen and oxygen atoms in total. The van der Waals surface area contributed by atoms with Gasteiger partial charge in [-0.1, -0.05) is 0 Å². The van der Waals surface area contributed by atoms with Gasteiger partial charge < -0.3 is 24.8 Å². The lowest BCUT2D eigenvalue weighted by Gasteiger charge is -2.14. The van der Waals surface area contributed by atoms with Gasteiger partial charge in [-0.3, -0.25) is 9.79 Å². The Morgan fingerprint density at radius 2 is 1.91 bits per heavy atom. The summed E-state index contributed by atoms with van der Waals surface area (Å²) in [5.41, 5.74) is 0.971. The number of aliphatic imine (C=N–C) groups is 1. The second-order valence-electron chi connectivity index (χ2n) is 4.36. The highest BCUT2D eigenvalue weighted by atomic mass is 127. The van der Waals surface area contributed by atoms with E-state index in [9.17, 15) is 4.79 Å². The summed E-state index contributed by atoms with van der Waals surface area (Å²) in [7, 11) is 6.26. The third-order valence-electron chi connectivity index (χ3n) is 3.01. The molecule has 130 valence electrons. The Morgan fingerprint density at radius 1 is 1.17 bits per heavy atom. The van der Waals surface area contributed by atoms with Crippen LogP contribution in [-0.4, -0.2) is 46.9 Å². The first-order valence-corrected chi connectivity index (χ1v) is 6.86. The standard InChI is InChI=1S/C15H23N3O4.HI/c1-16-15(17-8-7-14(19)22-4)18-10-11-5-6-12(20-2)9-13(11)21-3;/h5-6,9H,7-8,10H2,1-4H3,(H2,16,17,18);1H. The van der Waals surface area contributed by atoms with Crippen LogP contribution in [0.2, 0.25) is 0 Å². The number of nitrogens with one attached hydrogen (secondary N) is 2. The number of ether oxygens (including phenoxy) is 3. The van der Waals surface area contributed by atoms with Crippen molar-refractivity contribution in [3.8, 4) is 11.5 Å². The smallest absolute Gasteiger partial charge is 0.307 e. The predicted molar refractivity (Wildman–Crippen MR) is 99.8 cm³/mol. The fourth-order valence-electron chi connectivity index (χ4n) is 1.78. The van der Waals surface area contributed by atoms with Gasteiger partial charge in [0.1, 0.15) is 11.5 Å². The van der Waals surface area contributed by atoms with Crippen LogP contribution in [0, 0.1) is 0 Å². The maximum absolute atomic E-state index is 11.1. The number of hydrogen-bond donors (Lipinski definition) is 2. The Bertz CT molecular complexity index is 523. The second kappa shape index (κ2) is 11.8. The van der Waals surface area contributed by atoms with E-state index >= 15 is 0 Å². The molecule has 0 unspecified atom stereocenters. The summed E-state index contributed by atoms with van der Waals surface area (Å²) in [5.74, 6) is 1.81. The van der Waals surface area contributed by atoms with Gasteiger partial charge in [-0.15, -0.1) is 24.0 Å². The number of halogens is 1. The quantitative estimate of drug-likeness (QED) is 0.292. The Kier molecular flexibility index (Phi) is 10.9. The number of esters is 1. The number of benzene rings is 1. The van der Waals surface area contributed by atoms with Crippen LogP contribution in [0.3, 0.4) is 0 Å². The van der Waals surface area contributed by atoms with E-state index < -0.39 is 0 Å². The Balaban J connectivity index is 0.00000484. The molecule has 0 aromatic heterocycles. The number of carbonyl (C=O) groups is 1. The molecule has 23 heavy (non-hydrogen) atoms. The minimum atomic E-state index is -0.264. The van der Waals surface area contributed by atoms with Gasteiger partial charge in [0.05, 0.1) is 27.8 Å². The molecule has 1 rings (SSSR count). The third kappa shape index (κ3) is 7.40. The van der Waals surface area contributed by atoms with Crippen LogP contribution >= 0.6 is 24.0 Å². The lowest BCUT2D eigenvalue weighted by atomic mass is 10.2. The van der Waals surface area contributed by atoms with Crippen LogP contribution in [0.4, 0.5) is 0 Å². The highest BCUT2D eigenvalue weighted by Crippen LogP contribution is 2.24. The van der Waals surface area contributed by atoms with E-state index in [1.54, 1.807) is 21.3 Å². The molecule has 8 heteroatoms. The number of nitrogens with zero attached hydrogens (tertiary/aromatic N) is 1. The maximum Gasteiger partial charge on any atom is 0.307 e. The van der Waals surface area contributed by atoms with E-state index in [2.05, 4.69) is 20.4 Å². The Hall–Kier alpha value is -1.71. The zero-order valence-corrected chi connectivity index (χ0v) is 16.2. The molecular weight excluding hydrogens is 413 g/mol. The summed E-state index contributed by atoms with van der Waals surface area (Å²) in [6.45, 7) is 0.983.